The minimum Gasteiger partial charge on any atom is -0.385 e. The van der Waals surface area contributed by atoms with E-state index < -0.39 is 35.0 Å². The molecule has 0 bridgehead atoms. The summed E-state index contributed by atoms with van der Waals surface area (Å²) in [6.07, 6.45) is -1.53. The number of aromatic nitrogens is 4. The van der Waals surface area contributed by atoms with Crippen LogP contribution in [0.5, 0.6) is 0 Å². The molecule has 1 aliphatic rings. The number of pyridine rings is 1. The van der Waals surface area contributed by atoms with E-state index in [4.69, 9.17) is 0 Å². The van der Waals surface area contributed by atoms with E-state index in [0.717, 1.165) is 24.4 Å². The normalized spacial score (nSPS) is 24.0. The van der Waals surface area contributed by atoms with Gasteiger partial charge in [0.25, 0.3) is 0 Å². The lowest BCUT2D eigenvalue weighted by Crippen LogP contribution is -2.47. The molecule has 1 fully saturated rings. The summed E-state index contributed by atoms with van der Waals surface area (Å²) in [5, 5.41) is 22.6. The fourth-order valence-corrected chi connectivity index (χ4v) is 4.05. The number of hydrogen-bond donors (Lipinski definition) is 2. The summed E-state index contributed by atoms with van der Waals surface area (Å²) in [7, 11) is 0. The van der Waals surface area contributed by atoms with Gasteiger partial charge in [-0.3, -0.25) is 4.98 Å². The topological polar surface area (TPSA) is 75.9 Å². The molecule has 4 rings (SSSR count). The van der Waals surface area contributed by atoms with Gasteiger partial charge in [0.05, 0.1) is 47.5 Å². The first-order valence-corrected chi connectivity index (χ1v) is 9.89. The average Bonchev–Trinajstić information content (AvgIpc) is 3.18. The monoisotopic (exact) mass is 453 g/mol. The highest BCUT2D eigenvalue weighted by Gasteiger charge is 2.41. The van der Waals surface area contributed by atoms with Crippen LogP contribution in [-0.4, -0.2) is 31.1 Å². The molecule has 0 spiro atoms. The molecule has 1 aliphatic heterocycles. The Morgan fingerprint density at radius 1 is 1.19 bits per heavy atom. The average molecular weight is 453 g/mol. The van der Waals surface area contributed by atoms with Crippen LogP contribution in [0.2, 0.25) is 0 Å². The largest absolute Gasteiger partial charge is 0.416 e. The summed E-state index contributed by atoms with van der Waals surface area (Å²) in [6.45, 7) is 1.79. The van der Waals surface area contributed by atoms with Crippen LogP contribution in [0.1, 0.15) is 48.3 Å². The quantitative estimate of drug-likeness (QED) is 0.589. The van der Waals surface area contributed by atoms with Gasteiger partial charge in [0.2, 0.25) is 0 Å². The Kier molecular flexibility index (Phi) is 5.72. The van der Waals surface area contributed by atoms with Gasteiger partial charge in [0.15, 0.2) is 0 Å². The molecule has 0 radical (unpaired) electrons. The minimum absolute atomic E-state index is 0.00548. The first-order chi connectivity index (χ1) is 15.0. The number of nitrogens with zero attached hydrogens (tertiary/aromatic N) is 4. The van der Waals surface area contributed by atoms with Crippen LogP contribution in [0.15, 0.2) is 42.7 Å². The SMILES string of the molecule is C[C@H]1CC(O)(c2ccc(C(F)(F)F)cc2)C[C@@H](c2cn(Cc3ncc(F)cc3F)nn2)N1. The second-order valence-corrected chi connectivity index (χ2v) is 8.06. The predicted molar refractivity (Wildman–Crippen MR) is 103 cm³/mol. The van der Waals surface area contributed by atoms with Gasteiger partial charge in [-0.25, -0.2) is 13.5 Å². The molecular formula is C21H20F5N5O. The van der Waals surface area contributed by atoms with Gasteiger partial charge >= 0.3 is 6.18 Å². The van der Waals surface area contributed by atoms with Crippen LogP contribution >= 0.6 is 0 Å². The lowest BCUT2D eigenvalue weighted by Gasteiger charge is -2.40. The van der Waals surface area contributed by atoms with Gasteiger partial charge in [-0.05, 0) is 31.0 Å². The number of alkyl halides is 3. The predicted octanol–water partition coefficient (Wildman–Crippen LogP) is 3.72. The molecule has 6 nitrogen and oxygen atoms in total. The summed E-state index contributed by atoms with van der Waals surface area (Å²) in [5.41, 5.74) is -1.30. The third kappa shape index (κ3) is 4.63. The highest BCUT2D eigenvalue weighted by Crippen LogP contribution is 2.40. The van der Waals surface area contributed by atoms with Crippen molar-refractivity contribution in [3.63, 3.8) is 0 Å². The van der Waals surface area contributed by atoms with E-state index in [2.05, 4.69) is 20.6 Å². The molecule has 0 saturated carbocycles. The molecule has 0 amide bonds. The Hall–Kier alpha value is -2.92. The smallest absolute Gasteiger partial charge is 0.385 e. The number of hydrogen-bond acceptors (Lipinski definition) is 5. The maximum absolute atomic E-state index is 13.9. The van der Waals surface area contributed by atoms with Crippen molar-refractivity contribution in [1.82, 2.24) is 25.3 Å². The number of aliphatic hydroxyl groups is 1. The molecule has 32 heavy (non-hydrogen) atoms. The Morgan fingerprint density at radius 3 is 2.56 bits per heavy atom. The van der Waals surface area contributed by atoms with Crippen LogP contribution in [0.25, 0.3) is 0 Å². The fourth-order valence-electron chi connectivity index (χ4n) is 4.05. The molecule has 0 aliphatic carbocycles. The van der Waals surface area contributed by atoms with E-state index in [9.17, 15) is 27.1 Å². The molecule has 3 heterocycles. The van der Waals surface area contributed by atoms with E-state index in [1.807, 2.05) is 6.92 Å². The van der Waals surface area contributed by atoms with Crippen molar-refractivity contribution in [3.8, 4) is 0 Å². The van der Waals surface area contributed by atoms with Gasteiger partial charge < -0.3 is 10.4 Å². The van der Waals surface area contributed by atoms with Crippen LogP contribution in [0.3, 0.4) is 0 Å². The standard InChI is InChI=1S/C21H20F5N5O/c1-12-7-20(32,13-2-4-14(5-3-13)21(24,25)26)8-17(28-12)19-11-31(30-29-19)10-18-16(23)6-15(22)9-27-18/h2-6,9,11-12,17,28,32H,7-8,10H2,1H3/t12-,17-,20?/m0/s1. The van der Waals surface area contributed by atoms with Gasteiger partial charge in [0.1, 0.15) is 11.6 Å². The minimum atomic E-state index is -4.46. The summed E-state index contributed by atoms with van der Waals surface area (Å²) in [4.78, 5) is 3.72. The Morgan fingerprint density at radius 2 is 1.91 bits per heavy atom. The molecule has 3 atom stereocenters. The first-order valence-electron chi connectivity index (χ1n) is 9.89. The van der Waals surface area contributed by atoms with Crippen molar-refractivity contribution in [2.75, 3.05) is 0 Å². The van der Waals surface area contributed by atoms with Gasteiger partial charge in [-0.15, -0.1) is 5.10 Å². The number of rotatable bonds is 4. The first kappa shape index (κ1) is 22.3. The van der Waals surface area contributed by atoms with Crippen LogP contribution < -0.4 is 5.32 Å². The summed E-state index contributed by atoms with van der Waals surface area (Å²) >= 11 is 0. The fraction of sp³-hybridized carbons (Fsp3) is 0.381. The zero-order chi connectivity index (χ0) is 23.1. The Bertz CT molecular complexity index is 1100. The van der Waals surface area contributed by atoms with E-state index >= 15 is 0 Å². The summed E-state index contributed by atoms with van der Waals surface area (Å²) < 4.78 is 66.9. The van der Waals surface area contributed by atoms with Crippen LogP contribution in [0.4, 0.5) is 22.0 Å². The van der Waals surface area contributed by atoms with E-state index in [1.165, 1.54) is 16.8 Å². The molecule has 170 valence electrons. The lowest BCUT2D eigenvalue weighted by molar-refractivity contribution is -0.137. The molecule has 3 aromatic rings. The lowest BCUT2D eigenvalue weighted by atomic mass is 9.78. The molecule has 2 N–H and O–H groups in total. The molecular weight excluding hydrogens is 433 g/mol. The Balaban J connectivity index is 1.53. The number of piperidine rings is 1. The van der Waals surface area contributed by atoms with Crippen molar-refractivity contribution in [2.24, 2.45) is 0 Å². The van der Waals surface area contributed by atoms with Crippen molar-refractivity contribution in [3.05, 3.63) is 76.9 Å². The maximum atomic E-state index is 13.9. The van der Waals surface area contributed by atoms with Crippen molar-refractivity contribution < 1.29 is 27.1 Å². The zero-order valence-corrected chi connectivity index (χ0v) is 16.9. The van der Waals surface area contributed by atoms with E-state index in [-0.39, 0.29) is 24.7 Å². The summed E-state index contributed by atoms with van der Waals surface area (Å²) in [6, 6.07) is 4.61. The van der Waals surface area contributed by atoms with Crippen molar-refractivity contribution >= 4 is 0 Å². The number of halogens is 5. The Labute approximate surface area is 180 Å². The van der Waals surface area contributed by atoms with Gasteiger partial charge in [0, 0.05) is 18.5 Å². The van der Waals surface area contributed by atoms with Gasteiger partial charge in [-0.1, -0.05) is 17.3 Å². The highest BCUT2D eigenvalue weighted by molar-refractivity contribution is 5.30. The van der Waals surface area contributed by atoms with Crippen molar-refractivity contribution in [1.29, 1.82) is 0 Å². The third-order valence-corrected chi connectivity index (χ3v) is 5.53. The van der Waals surface area contributed by atoms with Crippen LogP contribution in [-0.2, 0) is 18.3 Å². The van der Waals surface area contributed by atoms with Gasteiger partial charge in [-0.2, -0.15) is 13.2 Å². The number of nitrogens with one attached hydrogen (secondary N) is 1. The molecule has 2 aromatic heterocycles. The second-order valence-electron chi connectivity index (χ2n) is 8.06. The number of benzene rings is 1. The second kappa shape index (κ2) is 8.21. The maximum Gasteiger partial charge on any atom is 0.416 e. The van der Waals surface area contributed by atoms with Crippen LogP contribution in [0, 0.1) is 11.6 Å². The summed E-state index contributed by atoms with van der Waals surface area (Å²) in [5.74, 6) is -1.59. The molecule has 1 unspecified atom stereocenters. The molecule has 1 aromatic carbocycles. The highest BCUT2D eigenvalue weighted by atomic mass is 19.4. The molecule has 11 heteroatoms. The molecule has 1 saturated heterocycles. The van der Waals surface area contributed by atoms with E-state index in [1.54, 1.807) is 6.20 Å². The zero-order valence-electron chi connectivity index (χ0n) is 16.9. The van der Waals surface area contributed by atoms with Crippen molar-refractivity contribution in [2.45, 2.75) is 50.2 Å². The third-order valence-electron chi connectivity index (χ3n) is 5.53. The van der Waals surface area contributed by atoms with E-state index in [0.29, 0.717) is 17.7 Å².